The van der Waals surface area contributed by atoms with Gasteiger partial charge in [-0.25, -0.2) is 4.79 Å². The summed E-state index contributed by atoms with van der Waals surface area (Å²) in [5.41, 5.74) is 0. The van der Waals surface area contributed by atoms with Crippen LogP contribution in [0, 0.1) is 0 Å². The SMILES string of the molecule is C/C=C\C(=O)O.[Y]. The molecule has 0 aromatic rings. The zero-order valence-electron chi connectivity index (χ0n) is 4.09. The number of carboxylic acid groups (broad SMARTS) is 1. The molecule has 37 valence electrons. The van der Waals surface area contributed by atoms with Crippen molar-refractivity contribution in [2.75, 3.05) is 0 Å². The Hall–Kier alpha value is 0.314. The van der Waals surface area contributed by atoms with Crippen LogP contribution in [0.5, 0.6) is 0 Å². The summed E-state index contributed by atoms with van der Waals surface area (Å²) in [7, 11) is 0. The maximum absolute atomic E-state index is 9.51. The number of carboxylic acids is 1. The van der Waals surface area contributed by atoms with Gasteiger partial charge >= 0.3 is 5.97 Å². The topological polar surface area (TPSA) is 37.3 Å². The van der Waals surface area contributed by atoms with Crippen LogP contribution >= 0.6 is 0 Å². The van der Waals surface area contributed by atoms with E-state index in [1.54, 1.807) is 6.92 Å². The van der Waals surface area contributed by atoms with Crippen molar-refractivity contribution in [3.8, 4) is 0 Å². The van der Waals surface area contributed by atoms with E-state index >= 15 is 0 Å². The van der Waals surface area contributed by atoms with Crippen LogP contribution < -0.4 is 0 Å². The number of carbonyl (C=O) groups is 1. The molecule has 0 aliphatic carbocycles. The van der Waals surface area contributed by atoms with Gasteiger partial charge in [0.2, 0.25) is 0 Å². The minimum atomic E-state index is -0.891. The molecule has 0 saturated carbocycles. The molecule has 1 radical (unpaired) electrons. The molecule has 0 fully saturated rings. The molecule has 0 heterocycles. The molecular weight excluding hydrogens is 169 g/mol. The maximum atomic E-state index is 9.51. The van der Waals surface area contributed by atoms with Crippen LogP contribution in [0.3, 0.4) is 0 Å². The Morgan fingerprint density at radius 1 is 1.71 bits per heavy atom. The van der Waals surface area contributed by atoms with Crippen molar-refractivity contribution in [3.63, 3.8) is 0 Å². The van der Waals surface area contributed by atoms with Crippen LogP contribution in [0.1, 0.15) is 6.92 Å². The molecule has 3 heteroatoms. The fraction of sp³-hybridized carbons (Fsp3) is 0.250. The number of hydrogen-bond donors (Lipinski definition) is 1. The molecule has 0 aliphatic heterocycles. The summed E-state index contributed by atoms with van der Waals surface area (Å²) in [5, 5.41) is 7.83. The molecule has 0 rings (SSSR count). The van der Waals surface area contributed by atoms with E-state index < -0.39 is 5.97 Å². The molecule has 0 atom stereocenters. The summed E-state index contributed by atoms with van der Waals surface area (Å²) in [4.78, 5) is 9.51. The number of aliphatic carboxylic acids is 1. The second kappa shape index (κ2) is 6.31. The number of hydrogen-bond acceptors (Lipinski definition) is 1. The van der Waals surface area contributed by atoms with Crippen LogP contribution in [0.2, 0.25) is 0 Å². The molecule has 0 bridgehead atoms. The van der Waals surface area contributed by atoms with Gasteiger partial charge in [0.15, 0.2) is 0 Å². The van der Waals surface area contributed by atoms with Gasteiger partial charge in [-0.15, -0.1) is 0 Å². The average Bonchev–Trinajstić information content (AvgIpc) is 1.35. The molecule has 0 saturated heterocycles. The summed E-state index contributed by atoms with van der Waals surface area (Å²) in [5.74, 6) is -0.891. The standard InChI is InChI=1S/C4H6O2.Y/c1-2-3-4(5)6;/h2-3H,1H3,(H,5,6);/b3-2-;. The zero-order chi connectivity index (χ0) is 4.99. The van der Waals surface area contributed by atoms with Crippen molar-refractivity contribution in [3.05, 3.63) is 12.2 Å². The molecule has 0 spiro atoms. The third-order valence-electron chi connectivity index (χ3n) is 0.309. The van der Waals surface area contributed by atoms with Gasteiger partial charge in [0.05, 0.1) is 0 Å². The van der Waals surface area contributed by atoms with E-state index in [0.29, 0.717) is 0 Å². The van der Waals surface area contributed by atoms with Gasteiger partial charge in [0.25, 0.3) is 0 Å². The Balaban J connectivity index is 0. The molecule has 0 amide bonds. The van der Waals surface area contributed by atoms with Crippen molar-refractivity contribution in [2.45, 2.75) is 6.92 Å². The fourth-order valence-corrected chi connectivity index (χ4v) is 0.143. The Kier molecular flexibility index (Phi) is 9.31. The largest absolute Gasteiger partial charge is 0.478 e. The predicted molar refractivity (Wildman–Crippen MR) is 22.4 cm³/mol. The first kappa shape index (κ1) is 10.3. The molecule has 0 aromatic heterocycles. The van der Waals surface area contributed by atoms with E-state index in [0.717, 1.165) is 6.08 Å². The number of rotatable bonds is 1. The maximum Gasteiger partial charge on any atom is 0.327 e. The number of allylic oxidation sites excluding steroid dienone is 1. The van der Waals surface area contributed by atoms with Gasteiger partial charge < -0.3 is 5.11 Å². The van der Waals surface area contributed by atoms with Crippen LogP contribution in [0.4, 0.5) is 0 Å². The summed E-state index contributed by atoms with van der Waals surface area (Å²) >= 11 is 0. The van der Waals surface area contributed by atoms with Gasteiger partial charge in [-0.1, -0.05) is 6.08 Å². The average molecular weight is 175 g/mol. The first-order valence-electron chi connectivity index (χ1n) is 1.63. The summed E-state index contributed by atoms with van der Waals surface area (Å²) in [6.07, 6.45) is 2.56. The van der Waals surface area contributed by atoms with Gasteiger partial charge in [0, 0.05) is 38.8 Å². The van der Waals surface area contributed by atoms with Crippen molar-refractivity contribution in [1.82, 2.24) is 0 Å². The molecule has 7 heavy (non-hydrogen) atoms. The van der Waals surface area contributed by atoms with Crippen LogP contribution in [-0.4, -0.2) is 11.1 Å². The van der Waals surface area contributed by atoms with E-state index in [1.165, 1.54) is 6.08 Å². The molecule has 0 aromatic carbocycles. The van der Waals surface area contributed by atoms with E-state index in [2.05, 4.69) is 0 Å². The Morgan fingerprint density at radius 3 is 2.14 bits per heavy atom. The third-order valence-corrected chi connectivity index (χ3v) is 0.309. The van der Waals surface area contributed by atoms with E-state index in [-0.39, 0.29) is 32.7 Å². The fourth-order valence-electron chi connectivity index (χ4n) is 0.143. The van der Waals surface area contributed by atoms with Crippen molar-refractivity contribution in [2.24, 2.45) is 0 Å². The molecule has 0 unspecified atom stereocenters. The van der Waals surface area contributed by atoms with Crippen molar-refractivity contribution < 1.29 is 42.6 Å². The van der Waals surface area contributed by atoms with Crippen LogP contribution in [0.25, 0.3) is 0 Å². The Morgan fingerprint density at radius 2 is 2.14 bits per heavy atom. The zero-order valence-corrected chi connectivity index (χ0v) is 6.93. The van der Waals surface area contributed by atoms with Gasteiger partial charge in [-0.05, 0) is 6.92 Å². The second-order valence-electron chi connectivity index (χ2n) is 0.838. The first-order valence-corrected chi connectivity index (χ1v) is 1.63. The summed E-state index contributed by atoms with van der Waals surface area (Å²) in [6.45, 7) is 1.66. The van der Waals surface area contributed by atoms with Crippen LogP contribution in [0.15, 0.2) is 12.2 Å². The van der Waals surface area contributed by atoms with Gasteiger partial charge in [-0.3, -0.25) is 0 Å². The summed E-state index contributed by atoms with van der Waals surface area (Å²) in [6, 6.07) is 0. The van der Waals surface area contributed by atoms with Crippen molar-refractivity contribution in [1.29, 1.82) is 0 Å². The van der Waals surface area contributed by atoms with Gasteiger partial charge in [0.1, 0.15) is 0 Å². The molecular formula is C4H6O2Y. The molecule has 2 nitrogen and oxygen atoms in total. The predicted octanol–water partition coefficient (Wildman–Crippen LogP) is 0.645. The van der Waals surface area contributed by atoms with E-state index in [1.807, 2.05) is 0 Å². The first-order chi connectivity index (χ1) is 2.77. The monoisotopic (exact) mass is 175 g/mol. The molecule has 1 N–H and O–H groups in total. The molecule has 0 aliphatic rings. The van der Waals surface area contributed by atoms with E-state index in [4.69, 9.17) is 5.11 Å². The normalized spacial score (nSPS) is 8.14. The second-order valence-corrected chi connectivity index (χ2v) is 0.838. The minimum Gasteiger partial charge on any atom is -0.478 e. The quantitative estimate of drug-likeness (QED) is 0.594. The summed E-state index contributed by atoms with van der Waals surface area (Å²) < 4.78 is 0. The van der Waals surface area contributed by atoms with E-state index in [9.17, 15) is 4.79 Å². The third kappa shape index (κ3) is 10.7. The van der Waals surface area contributed by atoms with Crippen LogP contribution in [-0.2, 0) is 37.5 Å². The Bertz CT molecular complexity index is 77.8. The smallest absolute Gasteiger partial charge is 0.327 e. The van der Waals surface area contributed by atoms with Gasteiger partial charge in [-0.2, -0.15) is 0 Å². The minimum absolute atomic E-state index is 0. The van der Waals surface area contributed by atoms with Crippen molar-refractivity contribution >= 4 is 5.97 Å². The Labute approximate surface area is 67.5 Å².